The van der Waals surface area contributed by atoms with Gasteiger partial charge >= 0.3 is 0 Å². The van der Waals surface area contributed by atoms with Gasteiger partial charge in [-0.15, -0.1) is 0 Å². The third-order valence-corrected chi connectivity index (χ3v) is 7.26. The Bertz CT molecular complexity index is 863. The average molecular weight is 424 g/mol. The number of carbonyl (C=O) groups excluding carboxylic acids is 1. The number of nitrogens with zero attached hydrogens (tertiary/aromatic N) is 4. The molecule has 6 nitrogen and oxygen atoms in total. The molecule has 0 radical (unpaired) electrons. The Morgan fingerprint density at radius 3 is 2.45 bits per heavy atom. The van der Waals surface area contributed by atoms with Crippen LogP contribution in [0.1, 0.15) is 62.7 Å². The predicted octanol–water partition coefficient (Wildman–Crippen LogP) is 3.62. The predicted molar refractivity (Wildman–Crippen MR) is 123 cm³/mol. The number of rotatable bonds is 7. The Labute approximate surface area is 186 Å². The minimum atomic E-state index is -0.113. The van der Waals surface area contributed by atoms with E-state index >= 15 is 0 Å². The number of hydrogen-bond donors (Lipinski definition) is 1. The Morgan fingerprint density at radius 2 is 1.84 bits per heavy atom. The molecule has 31 heavy (non-hydrogen) atoms. The minimum absolute atomic E-state index is 0.113. The number of likely N-dealkylation sites (tertiary alicyclic amines) is 1. The Kier molecular flexibility index (Phi) is 6.75. The maximum absolute atomic E-state index is 12.7. The Hall–Kier alpha value is -2.21. The molecule has 1 saturated heterocycles. The van der Waals surface area contributed by atoms with Gasteiger partial charge in [0.25, 0.3) is 0 Å². The molecule has 0 unspecified atom stereocenters. The number of benzene rings is 1. The van der Waals surface area contributed by atoms with Crippen LogP contribution in [0.5, 0.6) is 0 Å². The van der Waals surface area contributed by atoms with E-state index in [1.807, 2.05) is 25.5 Å². The molecule has 1 N–H and O–H groups in total. The lowest BCUT2D eigenvalue weighted by Gasteiger charge is -2.39. The molecule has 1 aliphatic carbocycles. The number of nitrogens with one attached hydrogen (secondary N) is 1. The summed E-state index contributed by atoms with van der Waals surface area (Å²) in [5.74, 6) is 1.64. The van der Waals surface area contributed by atoms with E-state index in [4.69, 9.17) is 0 Å². The summed E-state index contributed by atoms with van der Waals surface area (Å²) in [6.07, 6.45) is 7.34. The lowest BCUT2D eigenvalue weighted by atomic mass is 9.78. The second-order valence-corrected chi connectivity index (χ2v) is 9.70. The van der Waals surface area contributed by atoms with Crippen molar-refractivity contribution >= 4 is 5.91 Å². The van der Waals surface area contributed by atoms with Gasteiger partial charge in [-0.05, 0) is 45.1 Å². The van der Waals surface area contributed by atoms with Gasteiger partial charge in [0.15, 0.2) is 0 Å². The van der Waals surface area contributed by atoms with E-state index < -0.39 is 0 Å². The van der Waals surface area contributed by atoms with E-state index in [0.717, 1.165) is 44.1 Å². The van der Waals surface area contributed by atoms with Crippen LogP contribution in [0.3, 0.4) is 0 Å². The van der Waals surface area contributed by atoms with Gasteiger partial charge in [-0.25, -0.2) is 9.67 Å². The van der Waals surface area contributed by atoms with Crippen molar-refractivity contribution in [3.63, 3.8) is 0 Å². The van der Waals surface area contributed by atoms with Crippen molar-refractivity contribution in [3.8, 4) is 0 Å². The third-order valence-electron chi connectivity index (χ3n) is 7.26. The summed E-state index contributed by atoms with van der Waals surface area (Å²) < 4.78 is 1.84. The highest BCUT2D eigenvalue weighted by molar-refractivity contribution is 5.78. The quantitative estimate of drug-likeness (QED) is 0.739. The summed E-state index contributed by atoms with van der Waals surface area (Å²) in [5.41, 5.74) is 1.83. The molecule has 1 aliphatic heterocycles. The molecular weight excluding hydrogens is 386 g/mol. The Balaban J connectivity index is 1.27. The summed E-state index contributed by atoms with van der Waals surface area (Å²) in [5, 5.41) is 7.68. The molecular formula is C25H37N5O. The Morgan fingerprint density at radius 1 is 1.16 bits per heavy atom. The summed E-state index contributed by atoms with van der Waals surface area (Å²) >= 11 is 0. The molecule has 2 heterocycles. The maximum Gasteiger partial charge on any atom is 0.224 e. The summed E-state index contributed by atoms with van der Waals surface area (Å²) in [6, 6.07) is 11.4. The van der Waals surface area contributed by atoms with Gasteiger partial charge in [0.05, 0.1) is 12.5 Å². The molecule has 2 aromatic rings. The van der Waals surface area contributed by atoms with Crippen LogP contribution in [0.4, 0.5) is 0 Å². The summed E-state index contributed by atoms with van der Waals surface area (Å²) in [7, 11) is 0. The SMILES string of the molecule is Cc1nc(C)n(C[C@@H](C)C(=O)NC2CCN(CC3(c4ccccc4)CCCC3)CC2)n1. The van der Waals surface area contributed by atoms with E-state index in [1.54, 1.807) is 0 Å². The van der Waals surface area contributed by atoms with Crippen LogP contribution in [0.25, 0.3) is 0 Å². The van der Waals surface area contributed by atoms with Crippen LogP contribution < -0.4 is 5.32 Å². The van der Waals surface area contributed by atoms with E-state index in [9.17, 15) is 4.79 Å². The van der Waals surface area contributed by atoms with Crippen molar-refractivity contribution < 1.29 is 4.79 Å². The van der Waals surface area contributed by atoms with Crippen LogP contribution in [0.2, 0.25) is 0 Å². The van der Waals surface area contributed by atoms with E-state index in [1.165, 1.54) is 31.2 Å². The lowest BCUT2D eigenvalue weighted by Crippen LogP contribution is -2.49. The highest BCUT2D eigenvalue weighted by Crippen LogP contribution is 2.42. The van der Waals surface area contributed by atoms with Gasteiger partial charge in [-0.2, -0.15) is 5.10 Å². The van der Waals surface area contributed by atoms with Crippen molar-refractivity contribution in [1.82, 2.24) is 25.0 Å². The second kappa shape index (κ2) is 9.51. The summed E-state index contributed by atoms with van der Waals surface area (Å²) in [4.78, 5) is 19.7. The number of carbonyl (C=O) groups is 1. The number of piperidine rings is 1. The fourth-order valence-corrected chi connectivity index (χ4v) is 5.46. The van der Waals surface area contributed by atoms with Gasteiger partial charge in [0.2, 0.25) is 5.91 Å². The highest BCUT2D eigenvalue weighted by Gasteiger charge is 2.38. The van der Waals surface area contributed by atoms with Crippen LogP contribution >= 0.6 is 0 Å². The fraction of sp³-hybridized carbons (Fsp3) is 0.640. The first-order valence-electron chi connectivity index (χ1n) is 11.9. The number of hydrogen-bond acceptors (Lipinski definition) is 4. The molecule has 1 aromatic heterocycles. The molecule has 2 aliphatic rings. The average Bonchev–Trinajstić information content (AvgIpc) is 3.36. The number of amides is 1. The molecule has 6 heteroatoms. The third kappa shape index (κ3) is 5.17. The van der Waals surface area contributed by atoms with Crippen molar-refractivity contribution in [2.75, 3.05) is 19.6 Å². The maximum atomic E-state index is 12.7. The molecule has 168 valence electrons. The molecule has 1 saturated carbocycles. The standard InChI is InChI=1S/C25H37N5O/c1-19(17-30-21(3)26-20(2)28-30)24(31)27-23-11-15-29(16-12-23)18-25(13-7-8-14-25)22-9-5-4-6-10-22/h4-6,9-10,19,23H,7-8,11-18H2,1-3H3,(H,27,31)/t19-/m1/s1. The topological polar surface area (TPSA) is 63.1 Å². The van der Waals surface area contributed by atoms with Crippen LogP contribution in [-0.2, 0) is 16.8 Å². The van der Waals surface area contributed by atoms with Crippen molar-refractivity contribution in [2.45, 2.75) is 77.3 Å². The van der Waals surface area contributed by atoms with Gasteiger partial charge in [0.1, 0.15) is 11.6 Å². The largest absolute Gasteiger partial charge is 0.353 e. The van der Waals surface area contributed by atoms with Gasteiger partial charge in [-0.3, -0.25) is 4.79 Å². The zero-order chi connectivity index (χ0) is 21.8. The van der Waals surface area contributed by atoms with E-state index in [0.29, 0.717) is 12.0 Å². The van der Waals surface area contributed by atoms with Gasteiger partial charge in [0, 0.05) is 31.1 Å². The molecule has 2 fully saturated rings. The van der Waals surface area contributed by atoms with E-state index in [-0.39, 0.29) is 17.9 Å². The molecule has 4 rings (SSSR count). The van der Waals surface area contributed by atoms with Crippen molar-refractivity contribution in [2.24, 2.45) is 5.92 Å². The highest BCUT2D eigenvalue weighted by atomic mass is 16.2. The first-order chi connectivity index (χ1) is 14.9. The first kappa shape index (κ1) is 22.0. The van der Waals surface area contributed by atoms with Crippen LogP contribution in [-0.4, -0.2) is 51.2 Å². The molecule has 1 amide bonds. The van der Waals surface area contributed by atoms with Crippen molar-refractivity contribution in [3.05, 3.63) is 47.5 Å². The minimum Gasteiger partial charge on any atom is -0.353 e. The van der Waals surface area contributed by atoms with Crippen LogP contribution in [0, 0.1) is 19.8 Å². The monoisotopic (exact) mass is 423 g/mol. The molecule has 1 aromatic carbocycles. The molecule has 1 atom stereocenters. The first-order valence-corrected chi connectivity index (χ1v) is 11.9. The van der Waals surface area contributed by atoms with Crippen molar-refractivity contribution in [1.29, 1.82) is 0 Å². The van der Waals surface area contributed by atoms with Gasteiger partial charge < -0.3 is 10.2 Å². The second-order valence-electron chi connectivity index (χ2n) is 9.70. The number of aryl methyl sites for hydroxylation is 2. The smallest absolute Gasteiger partial charge is 0.224 e. The lowest BCUT2D eigenvalue weighted by molar-refractivity contribution is -0.126. The van der Waals surface area contributed by atoms with Gasteiger partial charge in [-0.1, -0.05) is 50.1 Å². The normalized spacial score (nSPS) is 20.6. The van der Waals surface area contributed by atoms with Crippen LogP contribution in [0.15, 0.2) is 30.3 Å². The summed E-state index contributed by atoms with van der Waals surface area (Å²) in [6.45, 7) is 9.66. The fourth-order valence-electron chi connectivity index (χ4n) is 5.46. The van der Waals surface area contributed by atoms with E-state index in [2.05, 4.69) is 50.6 Å². The zero-order valence-corrected chi connectivity index (χ0v) is 19.3. The molecule has 0 bridgehead atoms. The molecule has 0 spiro atoms. The number of aromatic nitrogens is 3. The zero-order valence-electron chi connectivity index (χ0n) is 19.3.